The Hall–Kier alpha value is -0.940. The highest BCUT2D eigenvalue weighted by molar-refractivity contribution is 6.00. The Kier molecular flexibility index (Phi) is 1.23. The van der Waals surface area contributed by atoms with Crippen LogP contribution in [0, 0.1) is 0 Å². The van der Waals surface area contributed by atoms with Crippen molar-refractivity contribution in [2.75, 3.05) is 0 Å². The molecule has 3 N–H and O–H groups in total. The maximum absolute atomic E-state index is 10.3. The zero-order valence-corrected chi connectivity index (χ0v) is 3.96. The fourth-order valence-corrected chi connectivity index (χ4v) is 0.405. The summed E-state index contributed by atoms with van der Waals surface area (Å²) in [6.07, 6.45) is 1.28. The number of nitrogens with one attached hydrogen (secondary N) is 2. The molecule has 0 bridgehead atoms. The second kappa shape index (κ2) is 1.89. The van der Waals surface area contributed by atoms with E-state index in [-0.39, 0.29) is 5.91 Å². The van der Waals surface area contributed by atoms with E-state index in [1.807, 2.05) is 0 Å². The molecule has 1 aliphatic rings. The highest BCUT2D eigenvalue weighted by Gasteiger charge is 2.18. The topological polar surface area (TPSA) is 73.7 Å². The number of rotatable bonds is 1. The van der Waals surface area contributed by atoms with Gasteiger partial charge in [0.15, 0.2) is 0 Å². The summed E-state index contributed by atoms with van der Waals surface area (Å²) in [5, 5.41) is 11.5. The molecule has 0 aromatic heterocycles. The quantitative estimate of drug-likeness (QED) is 0.362. The van der Waals surface area contributed by atoms with Crippen molar-refractivity contribution in [3.8, 4) is 0 Å². The Morgan fingerprint density at radius 1 is 2.00 bits per heavy atom. The van der Waals surface area contributed by atoms with E-state index in [2.05, 4.69) is 10.5 Å². The van der Waals surface area contributed by atoms with Gasteiger partial charge in [0.2, 0.25) is 0 Å². The number of hydrazone groups is 1. The van der Waals surface area contributed by atoms with Gasteiger partial charge < -0.3 is 5.21 Å². The van der Waals surface area contributed by atoms with Gasteiger partial charge in [-0.15, -0.1) is 0 Å². The summed E-state index contributed by atoms with van der Waals surface area (Å²) in [6, 6.07) is -0.671. The van der Waals surface area contributed by atoms with Crippen LogP contribution in [0.2, 0.25) is 0 Å². The number of hydrogen-bond acceptors (Lipinski definition) is 4. The maximum atomic E-state index is 10.3. The van der Waals surface area contributed by atoms with Crippen molar-refractivity contribution in [3.63, 3.8) is 0 Å². The summed E-state index contributed by atoms with van der Waals surface area (Å²) < 4.78 is 0. The second-order valence-electron chi connectivity index (χ2n) is 1.36. The smallest absolute Gasteiger partial charge is 0.265 e. The number of amides is 1. The molecule has 1 atom stereocenters. The normalized spacial score (nSPS) is 26.1. The van der Waals surface area contributed by atoms with Gasteiger partial charge in [0.1, 0.15) is 6.04 Å². The van der Waals surface area contributed by atoms with E-state index >= 15 is 0 Å². The first-order chi connectivity index (χ1) is 3.84. The molecule has 1 aliphatic heterocycles. The first-order valence-corrected chi connectivity index (χ1v) is 2.07. The molecule has 44 valence electrons. The molecule has 0 saturated heterocycles. The van der Waals surface area contributed by atoms with Crippen molar-refractivity contribution in [2.24, 2.45) is 5.10 Å². The summed E-state index contributed by atoms with van der Waals surface area (Å²) in [5.74, 6) is -0.340. The van der Waals surface area contributed by atoms with Crippen LogP contribution in [0.3, 0.4) is 0 Å². The zero-order valence-electron chi connectivity index (χ0n) is 3.96. The van der Waals surface area contributed by atoms with Gasteiger partial charge >= 0.3 is 0 Å². The average Bonchev–Trinajstić information content (AvgIpc) is 2.14. The molecular formula is C3H5N3O2. The van der Waals surface area contributed by atoms with Crippen molar-refractivity contribution in [2.45, 2.75) is 6.04 Å². The largest absolute Gasteiger partial charge is 0.316 e. The lowest BCUT2D eigenvalue weighted by molar-refractivity contribution is -0.122. The highest BCUT2D eigenvalue weighted by atomic mass is 16.5. The molecule has 8 heavy (non-hydrogen) atoms. The minimum absolute atomic E-state index is 0.340. The standard InChI is InChI=1S/C3H5N3O2/c7-3-2(6-8)1-4-5-3/h1-2,6,8H,(H,5,7). The first kappa shape index (κ1) is 5.20. The number of carbonyl (C=O) groups excluding carboxylic acids is 1. The van der Waals surface area contributed by atoms with E-state index in [0.717, 1.165) is 0 Å². The van der Waals surface area contributed by atoms with Crippen molar-refractivity contribution in [1.29, 1.82) is 0 Å². The van der Waals surface area contributed by atoms with Crippen LogP contribution >= 0.6 is 0 Å². The Bertz CT molecular complexity index is 132. The third-order valence-electron chi connectivity index (χ3n) is 0.820. The minimum atomic E-state index is -0.671. The Balaban J connectivity index is 2.53. The number of nitrogens with zero attached hydrogens (tertiary/aromatic N) is 1. The Labute approximate surface area is 45.3 Å². The van der Waals surface area contributed by atoms with Crippen LogP contribution < -0.4 is 10.9 Å². The molecular weight excluding hydrogens is 110 g/mol. The molecule has 0 fully saturated rings. The van der Waals surface area contributed by atoms with Crippen molar-refractivity contribution < 1.29 is 10.0 Å². The molecule has 0 aliphatic carbocycles. The molecule has 1 amide bonds. The molecule has 0 aromatic carbocycles. The van der Waals surface area contributed by atoms with Crippen LogP contribution in [0.4, 0.5) is 0 Å². The minimum Gasteiger partial charge on any atom is -0.316 e. The van der Waals surface area contributed by atoms with Gasteiger partial charge in [-0.3, -0.25) is 4.79 Å². The summed E-state index contributed by atoms with van der Waals surface area (Å²) in [5.41, 5.74) is 3.88. The Morgan fingerprint density at radius 3 is 3.00 bits per heavy atom. The molecule has 1 heterocycles. The predicted octanol–water partition coefficient (Wildman–Crippen LogP) is -1.55. The van der Waals surface area contributed by atoms with Gasteiger partial charge in [-0.2, -0.15) is 10.6 Å². The second-order valence-corrected chi connectivity index (χ2v) is 1.36. The molecule has 5 nitrogen and oxygen atoms in total. The number of carbonyl (C=O) groups is 1. The molecule has 0 spiro atoms. The zero-order chi connectivity index (χ0) is 5.98. The maximum Gasteiger partial charge on any atom is 0.265 e. The Morgan fingerprint density at radius 2 is 2.75 bits per heavy atom. The SMILES string of the molecule is O=C1NN=CC1NO. The van der Waals surface area contributed by atoms with Crippen LogP contribution in [0.25, 0.3) is 0 Å². The fourth-order valence-electron chi connectivity index (χ4n) is 0.405. The molecule has 0 radical (unpaired) electrons. The lowest BCUT2D eigenvalue weighted by Crippen LogP contribution is -2.36. The van der Waals surface area contributed by atoms with Crippen LogP contribution in [0.15, 0.2) is 5.10 Å². The summed E-state index contributed by atoms with van der Waals surface area (Å²) in [6.45, 7) is 0. The summed E-state index contributed by atoms with van der Waals surface area (Å²) >= 11 is 0. The van der Waals surface area contributed by atoms with Gasteiger partial charge in [0.05, 0.1) is 6.21 Å². The van der Waals surface area contributed by atoms with E-state index in [1.165, 1.54) is 6.21 Å². The van der Waals surface area contributed by atoms with Crippen LogP contribution in [0.1, 0.15) is 0 Å². The molecule has 5 heteroatoms. The van der Waals surface area contributed by atoms with E-state index < -0.39 is 6.04 Å². The van der Waals surface area contributed by atoms with Crippen LogP contribution in [-0.2, 0) is 4.79 Å². The van der Waals surface area contributed by atoms with Gasteiger partial charge in [-0.25, -0.2) is 5.43 Å². The van der Waals surface area contributed by atoms with Crippen LogP contribution in [-0.4, -0.2) is 23.4 Å². The van der Waals surface area contributed by atoms with E-state index in [9.17, 15) is 4.79 Å². The molecule has 1 unspecified atom stereocenters. The fraction of sp³-hybridized carbons (Fsp3) is 0.333. The van der Waals surface area contributed by atoms with E-state index in [1.54, 1.807) is 5.48 Å². The number of hydrogen-bond donors (Lipinski definition) is 3. The van der Waals surface area contributed by atoms with Gasteiger partial charge in [-0.05, 0) is 0 Å². The average molecular weight is 115 g/mol. The number of hydroxylamine groups is 1. The third kappa shape index (κ3) is 0.682. The molecule has 0 saturated carbocycles. The molecule has 1 rings (SSSR count). The van der Waals surface area contributed by atoms with Gasteiger partial charge in [-0.1, -0.05) is 0 Å². The highest BCUT2D eigenvalue weighted by Crippen LogP contribution is 1.84. The predicted molar refractivity (Wildman–Crippen MR) is 25.3 cm³/mol. The van der Waals surface area contributed by atoms with Crippen molar-refractivity contribution in [1.82, 2.24) is 10.9 Å². The summed E-state index contributed by atoms with van der Waals surface area (Å²) in [7, 11) is 0. The molecule has 0 aromatic rings. The van der Waals surface area contributed by atoms with Crippen molar-refractivity contribution >= 4 is 12.1 Å². The van der Waals surface area contributed by atoms with E-state index in [0.29, 0.717) is 0 Å². The van der Waals surface area contributed by atoms with Gasteiger partial charge in [0.25, 0.3) is 5.91 Å². The van der Waals surface area contributed by atoms with Gasteiger partial charge in [0, 0.05) is 0 Å². The van der Waals surface area contributed by atoms with E-state index in [4.69, 9.17) is 5.21 Å². The monoisotopic (exact) mass is 115 g/mol. The van der Waals surface area contributed by atoms with Crippen molar-refractivity contribution in [3.05, 3.63) is 0 Å². The summed E-state index contributed by atoms with van der Waals surface area (Å²) in [4.78, 5) is 10.3. The lowest BCUT2D eigenvalue weighted by Gasteiger charge is -1.96. The van der Waals surface area contributed by atoms with Crippen LogP contribution in [0.5, 0.6) is 0 Å². The third-order valence-corrected chi connectivity index (χ3v) is 0.820. The lowest BCUT2D eigenvalue weighted by atomic mass is 10.3. The first-order valence-electron chi connectivity index (χ1n) is 2.07.